The largest absolute Gasteiger partial charge is 0.378 e. The highest BCUT2D eigenvalue weighted by atomic mass is 16.5. The number of nitrogens with zero attached hydrogens (tertiary/aromatic N) is 2. The SMILES string of the molecule is Cc1ccc2nc(-c3ccc(C)c(C)c3)cc(C(=O)N3CCOCC3)c2c1. The highest BCUT2D eigenvalue weighted by Gasteiger charge is 2.22. The van der Waals surface area contributed by atoms with Gasteiger partial charge in [0, 0.05) is 24.0 Å². The molecular weight excluding hydrogens is 336 g/mol. The number of hydrogen-bond acceptors (Lipinski definition) is 3. The standard InChI is InChI=1S/C23H24N2O2/c1-15-4-7-21-19(12-15)20(23(26)25-8-10-27-11-9-25)14-22(24-21)18-6-5-16(2)17(3)13-18/h4-7,12-14H,8-11H2,1-3H3. The molecule has 0 bridgehead atoms. The monoisotopic (exact) mass is 360 g/mol. The normalized spacial score (nSPS) is 14.6. The number of benzene rings is 2. The molecule has 0 saturated carbocycles. The Kier molecular flexibility index (Phi) is 4.66. The van der Waals surface area contributed by atoms with Gasteiger partial charge >= 0.3 is 0 Å². The first kappa shape index (κ1) is 17.7. The lowest BCUT2D eigenvalue weighted by atomic mass is 9.99. The molecule has 0 aliphatic carbocycles. The number of aromatic nitrogens is 1. The fourth-order valence-electron chi connectivity index (χ4n) is 3.50. The third-order valence-corrected chi connectivity index (χ3v) is 5.30. The summed E-state index contributed by atoms with van der Waals surface area (Å²) in [6.07, 6.45) is 0. The van der Waals surface area contributed by atoms with Crippen LogP contribution in [0.2, 0.25) is 0 Å². The van der Waals surface area contributed by atoms with Crippen molar-refractivity contribution in [3.63, 3.8) is 0 Å². The molecule has 0 unspecified atom stereocenters. The Labute approximate surface area is 159 Å². The molecule has 0 spiro atoms. The van der Waals surface area contributed by atoms with Crippen LogP contribution < -0.4 is 0 Å². The number of ether oxygens (including phenoxy) is 1. The Morgan fingerprint density at radius 2 is 1.74 bits per heavy atom. The molecule has 0 atom stereocenters. The molecular formula is C23H24N2O2. The molecule has 138 valence electrons. The topological polar surface area (TPSA) is 42.4 Å². The van der Waals surface area contributed by atoms with Gasteiger partial charge in [-0.05, 0) is 56.2 Å². The van der Waals surface area contributed by atoms with E-state index in [1.54, 1.807) is 0 Å². The van der Waals surface area contributed by atoms with Crippen molar-refractivity contribution in [2.24, 2.45) is 0 Å². The van der Waals surface area contributed by atoms with Crippen molar-refractivity contribution < 1.29 is 9.53 Å². The van der Waals surface area contributed by atoms with Gasteiger partial charge in [-0.1, -0.05) is 23.8 Å². The molecule has 1 saturated heterocycles. The second-order valence-electron chi connectivity index (χ2n) is 7.28. The lowest BCUT2D eigenvalue weighted by Crippen LogP contribution is -2.40. The number of carbonyl (C=O) groups excluding carboxylic acids is 1. The molecule has 1 fully saturated rings. The number of rotatable bonds is 2. The maximum Gasteiger partial charge on any atom is 0.254 e. The number of pyridine rings is 1. The summed E-state index contributed by atoms with van der Waals surface area (Å²) in [6, 6.07) is 14.4. The van der Waals surface area contributed by atoms with Crippen LogP contribution in [0.4, 0.5) is 0 Å². The Morgan fingerprint density at radius 1 is 0.963 bits per heavy atom. The molecule has 3 aromatic rings. The first-order chi connectivity index (χ1) is 13.0. The number of morpholine rings is 1. The van der Waals surface area contributed by atoms with Crippen LogP contribution in [-0.2, 0) is 4.74 Å². The number of amides is 1. The minimum atomic E-state index is 0.0568. The van der Waals surface area contributed by atoms with Crippen LogP contribution in [0.3, 0.4) is 0 Å². The van der Waals surface area contributed by atoms with Gasteiger partial charge in [-0.2, -0.15) is 0 Å². The van der Waals surface area contributed by atoms with Gasteiger partial charge in [0.05, 0.1) is 30.0 Å². The van der Waals surface area contributed by atoms with Gasteiger partial charge in [0.2, 0.25) is 0 Å². The van der Waals surface area contributed by atoms with Crippen LogP contribution in [0.25, 0.3) is 22.2 Å². The molecule has 27 heavy (non-hydrogen) atoms. The lowest BCUT2D eigenvalue weighted by Gasteiger charge is -2.27. The van der Waals surface area contributed by atoms with Crippen LogP contribution >= 0.6 is 0 Å². The highest BCUT2D eigenvalue weighted by molar-refractivity contribution is 6.07. The van der Waals surface area contributed by atoms with Crippen molar-refractivity contribution in [2.75, 3.05) is 26.3 Å². The van der Waals surface area contributed by atoms with E-state index >= 15 is 0 Å². The zero-order valence-corrected chi connectivity index (χ0v) is 16.1. The van der Waals surface area contributed by atoms with E-state index in [0.29, 0.717) is 26.3 Å². The number of aryl methyl sites for hydroxylation is 3. The summed E-state index contributed by atoms with van der Waals surface area (Å²) >= 11 is 0. The molecule has 2 heterocycles. The first-order valence-corrected chi connectivity index (χ1v) is 9.39. The minimum Gasteiger partial charge on any atom is -0.378 e. The Morgan fingerprint density at radius 3 is 2.48 bits per heavy atom. The van der Waals surface area contributed by atoms with Crippen LogP contribution in [-0.4, -0.2) is 42.1 Å². The molecule has 0 radical (unpaired) electrons. The summed E-state index contributed by atoms with van der Waals surface area (Å²) in [7, 11) is 0. The van der Waals surface area contributed by atoms with Crippen molar-refractivity contribution in [2.45, 2.75) is 20.8 Å². The van der Waals surface area contributed by atoms with E-state index in [2.05, 4.69) is 38.1 Å². The second-order valence-corrected chi connectivity index (χ2v) is 7.28. The fraction of sp³-hybridized carbons (Fsp3) is 0.304. The lowest BCUT2D eigenvalue weighted by molar-refractivity contribution is 0.0304. The molecule has 1 aliphatic rings. The van der Waals surface area contributed by atoms with E-state index in [9.17, 15) is 4.79 Å². The van der Waals surface area contributed by atoms with Crippen molar-refractivity contribution in [1.82, 2.24) is 9.88 Å². The third kappa shape index (κ3) is 3.45. The second kappa shape index (κ2) is 7.12. The average molecular weight is 360 g/mol. The van der Waals surface area contributed by atoms with Gasteiger partial charge < -0.3 is 9.64 Å². The van der Waals surface area contributed by atoms with Gasteiger partial charge in [0.15, 0.2) is 0 Å². The molecule has 1 aromatic heterocycles. The van der Waals surface area contributed by atoms with E-state index < -0.39 is 0 Å². The summed E-state index contributed by atoms with van der Waals surface area (Å²) in [5.74, 6) is 0.0568. The molecule has 4 heteroatoms. The third-order valence-electron chi connectivity index (χ3n) is 5.30. The quantitative estimate of drug-likeness (QED) is 0.684. The van der Waals surface area contributed by atoms with E-state index in [4.69, 9.17) is 9.72 Å². The van der Waals surface area contributed by atoms with Crippen LogP contribution in [0.15, 0.2) is 42.5 Å². The molecule has 1 amide bonds. The van der Waals surface area contributed by atoms with Gasteiger partial charge in [0.1, 0.15) is 0 Å². The van der Waals surface area contributed by atoms with Crippen LogP contribution in [0.1, 0.15) is 27.0 Å². The first-order valence-electron chi connectivity index (χ1n) is 9.39. The number of fused-ring (bicyclic) bond motifs is 1. The Balaban J connectivity index is 1.88. The zero-order valence-electron chi connectivity index (χ0n) is 16.1. The fourth-order valence-corrected chi connectivity index (χ4v) is 3.50. The van der Waals surface area contributed by atoms with E-state index in [1.807, 2.05) is 30.0 Å². The summed E-state index contributed by atoms with van der Waals surface area (Å²) in [5, 5.41) is 0.916. The van der Waals surface area contributed by atoms with Crippen molar-refractivity contribution in [3.8, 4) is 11.3 Å². The van der Waals surface area contributed by atoms with Gasteiger partial charge in [-0.3, -0.25) is 4.79 Å². The maximum atomic E-state index is 13.3. The summed E-state index contributed by atoms with van der Waals surface area (Å²) in [6.45, 7) is 8.70. The minimum absolute atomic E-state index is 0.0568. The zero-order chi connectivity index (χ0) is 19.0. The Bertz CT molecular complexity index is 1020. The van der Waals surface area contributed by atoms with Crippen LogP contribution in [0, 0.1) is 20.8 Å². The summed E-state index contributed by atoms with van der Waals surface area (Å²) < 4.78 is 5.40. The van der Waals surface area contributed by atoms with Crippen molar-refractivity contribution >= 4 is 16.8 Å². The molecule has 4 nitrogen and oxygen atoms in total. The average Bonchev–Trinajstić information content (AvgIpc) is 2.69. The van der Waals surface area contributed by atoms with E-state index in [-0.39, 0.29) is 5.91 Å². The van der Waals surface area contributed by atoms with Crippen molar-refractivity contribution in [3.05, 3.63) is 64.7 Å². The molecule has 4 rings (SSSR count). The molecule has 1 aliphatic heterocycles. The number of hydrogen-bond donors (Lipinski definition) is 0. The summed E-state index contributed by atoms with van der Waals surface area (Å²) in [4.78, 5) is 20.0. The van der Waals surface area contributed by atoms with Gasteiger partial charge in [0.25, 0.3) is 5.91 Å². The van der Waals surface area contributed by atoms with E-state index in [0.717, 1.165) is 33.3 Å². The van der Waals surface area contributed by atoms with Crippen LogP contribution in [0.5, 0.6) is 0 Å². The smallest absolute Gasteiger partial charge is 0.254 e. The van der Waals surface area contributed by atoms with E-state index in [1.165, 1.54) is 11.1 Å². The predicted octanol–water partition coefficient (Wildman–Crippen LogP) is 4.30. The predicted molar refractivity (Wildman–Crippen MR) is 108 cm³/mol. The van der Waals surface area contributed by atoms with Gasteiger partial charge in [-0.15, -0.1) is 0 Å². The van der Waals surface area contributed by atoms with Gasteiger partial charge in [-0.25, -0.2) is 4.98 Å². The summed E-state index contributed by atoms with van der Waals surface area (Å²) in [5.41, 5.74) is 7.05. The number of carbonyl (C=O) groups is 1. The highest BCUT2D eigenvalue weighted by Crippen LogP contribution is 2.28. The molecule has 0 N–H and O–H groups in total. The molecule has 2 aromatic carbocycles. The maximum absolute atomic E-state index is 13.3. The van der Waals surface area contributed by atoms with Crippen molar-refractivity contribution in [1.29, 1.82) is 0 Å². The Hall–Kier alpha value is -2.72.